The predicted molar refractivity (Wildman–Crippen MR) is 128 cm³/mol. The van der Waals surface area contributed by atoms with Gasteiger partial charge in [0.25, 0.3) is 17.7 Å². The molecule has 0 radical (unpaired) electrons. The van der Waals surface area contributed by atoms with Crippen molar-refractivity contribution in [3.8, 4) is 5.75 Å². The normalized spacial score (nSPS) is 19.5. The molecule has 184 valence electrons. The Morgan fingerprint density at radius 3 is 2.20 bits per heavy atom. The molecule has 8 nitrogen and oxygen atoms in total. The summed E-state index contributed by atoms with van der Waals surface area (Å²) in [7, 11) is 0. The van der Waals surface area contributed by atoms with Gasteiger partial charge in [0.2, 0.25) is 0 Å². The average molecular weight is 479 g/mol. The molecule has 4 rings (SSSR count). The van der Waals surface area contributed by atoms with Crippen molar-refractivity contribution >= 4 is 23.7 Å². The van der Waals surface area contributed by atoms with Crippen molar-refractivity contribution in [3.05, 3.63) is 64.7 Å². The van der Waals surface area contributed by atoms with Gasteiger partial charge in [-0.15, -0.1) is 0 Å². The predicted octanol–water partition coefficient (Wildman–Crippen LogP) is 3.54. The Labute approximate surface area is 204 Å². The van der Waals surface area contributed by atoms with E-state index < -0.39 is 5.97 Å². The number of amides is 3. The summed E-state index contributed by atoms with van der Waals surface area (Å²) >= 11 is 0. The molecule has 0 spiro atoms. The van der Waals surface area contributed by atoms with Gasteiger partial charge in [0.05, 0.1) is 24.3 Å². The van der Waals surface area contributed by atoms with E-state index in [4.69, 9.17) is 9.47 Å². The summed E-state index contributed by atoms with van der Waals surface area (Å²) in [4.78, 5) is 53.9. The van der Waals surface area contributed by atoms with Crippen molar-refractivity contribution in [2.24, 2.45) is 11.8 Å². The van der Waals surface area contributed by atoms with E-state index in [1.807, 2.05) is 0 Å². The molecule has 2 aromatic rings. The summed E-state index contributed by atoms with van der Waals surface area (Å²) in [6.07, 6.45) is 1.07. The van der Waals surface area contributed by atoms with Crippen LogP contribution in [0.2, 0.25) is 0 Å². The fourth-order valence-corrected chi connectivity index (χ4v) is 4.84. The summed E-state index contributed by atoms with van der Waals surface area (Å²) in [5.74, 6) is -0.542. The van der Waals surface area contributed by atoms with Gasteiger partial charge in [0.1, 0.15) is 11.3 Å². The standard InChI is InChI=1S/C27H30N2O6/c1-4-34-23-10-9-19(15-29-25(31)20-7-5-6-8-21(20)26(29)32)12-22(23)27(33)35-16-24(30)28-13-17(2)11-18(3)14-28/h5-10,12,17-18H,4,11,13-16H2,1-3H3. The summed E-state index contributed by atoms with van der Waals surface area (Å²) in [5, 5.41) is 0. The van der Waals surface area contributed by atoms with Crippen LogP contribution in [0.4, 0.5) is 0 Å². The highest BCUT2D eigenvalue weighted by Gasteiger charge is 2.35. The second-order valence-corrected chi connectivity index (χ2v) is 9.33. The maximum atomic E-state index is 12.9. The minimum Gasteiger partial charge on any atom is -0.493 e. The molecule has 1 fully saturated rings. The first-order valence-electron chi connectivity index (χ1n) is 11.9. The highest BCUT2D eigenvalue weighted by atomic mass is 16.5. The number of nitrogens with zero attached hydrogens (tertiary/aromatic N) is 2. The lowest BCUT2D eigenvalue weighted by atomic mass is 9.92. The first kappa shape index (κ1) is 24.4. The molecular weight excluding hydrogens is 448 g/mol. The maximum absolute atomic E-state index is 12.9. The Balaban J connectivity index is 1.47. The molecule has 0 saturated carbocycles. The summed E-state index contributed by atoms with van der Waals surface area (Å²) < 4.78 is 10.9. The van der Waals surface area contributed by atoms with Crippen molar-refractivity contribution in [1.29, 1.82) is 0 Å². The van der Waals surface area contributed by atoms with E-state index in [0.717, 1.165) is 11.3 Å². The molecule has 0 aliphatic carbocycles. The summed E-state index contributed by atoms with van der Waals surface area (Å²) in [6, 6.07) is 11.5. The molecular formula is C27H30N2O6. The number of rotatable bonds is 7. The van der Waals surface area contributed by atoms with Gasteiger partial charge in [-0.05, 0) is 55.0 Å². The third kappa shape index (κ3) is 5.21. The minimum atomic E-state index is -0.691. The number of ether oxygens (including phenoxy) is 2. The lowest BCUT2D eigenvalue weighted by molar-refractivity contribution is -0.137. The molecule has 0 N–H and O–H groups in total. The van der Waals surface area contributed by atoms with Crippen LogP contribution in [-0.2, 0) is 16.1 Å². The number of piperidine rings is 1. The number of imide groups is 1. The lowest BCUT2D eigenvalue weighted by Gasteiger charge is -2.34. The van der Waals surface area contributed by atoms with E-state index in [2.05, 4.69) is 13.8 Å². The summed E-state index contributed by atoms with van der Waals surface area (Å²) in [6.45, 7) is 7.30. The van der Waals surface area contributed by atoms with Crippen LogP contribution < -0.4 is 4.74 Å². The molecule has 2 unspecified atom stereocenters. The zero-order chi connectivity index (χ0) is 25.1. The van der Waals surface area contributed by atoms with Crippen molar-refractivity contribution < 1.29 is 28.7 Å². The molecule has 2 aliphatic rings. The number of esters is 1. The monoisotopic (exact) mass is 478 g/mol. The van der Waals surface area contributed by atoms with Crippen LogP contribution >= 0.6 is 0 Å². The number of fused-ring (bicyclic) bond motifs is 1. The molecule has 2 aliphatic heterocycles. The molecule has 2 aromatic carbocycles. The first-order valence-corrected chi connectivity index (χ1v) is 11.9. The third-order valence-electron chi connectivity index (χ3n) is 6.33. The Morgan fingerprint density at radius 1 is 0.971 bits per heavy atom. The Kier molecular flexibility index (Phi) is 7.19. The highest BCUT2D eigenvalue weighted by molar-refractivity contribution is 6.21. The molecule has 2 heterocycles. The third-order valence-corrected chi connectivity index (χ3v) is 6.33. The van der Waals surface area contributed by atoms with Gasteiger partial charge in [-0.1, -0.05) is 32.0 Å². The SMILES string of the molecule is CCOc1ccc(CN2C(=O)c3ccccc3C2=O)cc1C(=O)OCC(=O)N1CC(C)CC(C)C1. The van der Waals surface area contributed by atoms with Crippen LogP contribution in [0.5, 0.6) is 5.75 Å². The maximum Gasteiger partial charge on any atom is 0.342 e. The van der Waals surface area contributed by atoms with E-state index in [0.29, 0.717) is 54.0 Å². The van der Waals surface area contributed by atoms with E-state index in [1.165, 1.54) is 0 Å². The number of hydrogen-bond acceptors (Lipinski definition) is 6. The number of benzene rings is 2. The Hall–Kier alpha value is -3.68. The topological polar surface area (TPSA) is 93.2 Å². The van der Waals surface area contributed by atoms with Gasteiger partial charge in [0, 0.05) is 13.1 Å². The largest absolute Gasteiger partial charge is 0.493 e. The van der Waals surface area contributed by atoms with Gasteiger partial charge in [-0.3, -0.25) is 19.3 Å². The number of carbonyl (C=O) groups is 4. The van der Waals surface area contributed by atoms with Gasteiger partial charge in [-0.25, -0.2) is 4.79 Å². The molecule has 3 amide bonds. The molecule has 0 bridgehead atoms. The van der Waals surface area contributed by atoms with Crippen LogP contribution in [0.1, 0.15) is 63.8 Å². The van der Waals surface area contributed by atoms with Gasteiger partial charge < -0.3 is 14.4 Å². The highest BCUT2D eigenvalue weighted by Crippen LogP contribution is 2.27. The van der Waals surface area contributed by atoms with E-state index >= 15 is 0 Å². The molecule has 2 atom stereocenters. The minimum absolute atomic E-state index is 0.00150. The fraction of sp³-hybridized carbons (Fsp3) is 0.407. The Morgan fingerprint density at radius 2 is 1.60 bits per heavy atom. The molecule has 8 heteroatoms. The van der Waals surface area contributed by atoms with Crippen molar-refractivity contribution in [2.45, 2.75) is 33.7 Å². The second-order valence-electron chi connectivity index (χ2n) is 9.33. The zero-order valence-electron chi connectivity index (χ0n) is 20.3. The fourth-order valence-electron chi connectivity index (χ4n) is 4.84. The van der Waals surface area contributed by atoms with E-state index in [-0.39, 0.29) is 36.4 Å². The van der Waals surface area contributed by atoms with Gasteiger partial charge in [-0.2, -0.15) is 0 Å². The molecule has 0 aromatic heterocycles. The van der Waals surface area contributed by atoms with Crippen molar-refractivity contribution in [3.63, 3.8) is 0 Å². The van der Waals surface area contributed by atoms with Crippen molar-refractivity contribution in [1.82, 2.24) is 9.80 Å². The van der Waals surface area contributed by atoms with Crippen LogP contribution in [0.15, 0.2) is 42.5 Å². The average Bonchev–Trinajstić information content (AvgIpc) is 3.07. The molecule has 1 saturated heterocycles. The number of hydrogen-bond donors (Lipinski definition) is 0. The van der Waals surface area contributed by atoms with E-state index in [9.17, 15) is 19.2 Å². The van der Waals surface area contributed by atoms with Crippen LogP contribution in [0.3, 0.4) is 0 Å². The number of likely N-dealkylation sites (tertiary alicyclic amines) is 1. The van der Waals surface area contributed by atoms with Gasteiger partial charge >= 0.3 is 5.97 Å². The molecule has 35 heavy (non-hydrogen) atoms. The van der Waals surface area contributed by atoms with Crippen LogP contribution in [0, 0.1) is 11.8 Å². The lowest BCUT2D eigenvalue weighted by Crippen LogP contribution is -2.44. The van der Waals surface area contributed by atoms with Crippen molar-refractivity contribution in [2.75, 3.05) is 26.3 Å². The number of carbonyl (C=O) groups excluding carboxylic acids is 4. The Bertz CT molecular complexity index is 1120. The summed E-state index contributed by atoms with van der Waals surface area (Å²) in [5.41, 5.74) is 1.44. The second kappa shape index (κ2) is 10.3. The van der Waals surface area contributed by atoms with Crippen LogP contribution in [-0.4, -0.2) is 59.8 Å². The van der Waals surface area contributed by atoms with Crippen LogP contribution in [0.25, 0.3) is 0 Å². The first-order chi connectivity index (χ1) is 16.8. The quantitative estimate of drug-likeness (QED) is 0.446. The van der Waals surface area contributed by atoms with Gasteiger partial charge in [0.15, 0.2) is 6.61 Å². The zero-order valence-corrected chi connectivity index (χ0v) is 20.3. The smallest absolute Gasteiger partial charge is 0.342 e. The van der Waals surface area contributed by atoms with E-state index in [1.54, 1.807) is 54.3 Å².